The average Bonchev–Trinajstić information content (AvgIpc) is 3.07. The van der Waals surface area contributed by atoms with E-state index in [1.807, 2.05) is 0 Å². The summed E-state index contributed by atoms with van der Waals surface area (Å²) in [7, 11) is 0. The van der Waals surface area contributed by atoms with Crippen LogP contribution in [-0.4, -0.2) is 22.3 Å². The highest BCUT2D eigenvalue weighted by molar-refractivity contribution is 5.94. The predicted molar refractivity (Wildman–Crippen MR) is 69.0 cm³/mol. The molecule has 1 aliphatic rings. The van der Waals surface area contributed by atoms with E-state index in [-0.39, 0.29) is 5.91 Å². The molecule has 0 aliphatic heterocycles. The number of nitrogens with zero attached hydrogens (tertiary/aromatic N) is 2. The van der Waals surface area contributed by atoms with Crippen molar-refractivity contribution in [1.82, 2.24) is 15.6 Å². The van der Waals surface area contributed by atoms with Gasteiger partial charge >= 0.3 is 0 Å². The lowest BCUT2D eigenvalue weighted by molar-refractivity contribution is 0.0949. The SMILES string of the molecule is O=C(N/N=C\c1ccco1)c1n[nH]c2c1CCCC2. The molecule has 6 heteroatoms. The van der Waals surface area contributed by atoms with Gasteiger partial charge in [0.2, 0.25) is 0 Å². The normalized spacial score (nSPS) is 14.5. The molecule has 0 spiro atoms. The number of rotatable bonds is 3. The number of H-pyrrole nitrogens is 1. The molecule has 0 aromatic carbocycles. The Bertz CT molecular complexity index is 598. The summed E-state index contributed by atoms with van der Waals surface area (Å²) in [5.41, 5.74) is 5.01. The molecule has 0 unspecified atom stereocenters. The molecule has 2 aromatic rings. The van der Waals surface area contributed by atoms with Crippen LogP contribution < -0.4 is 5.43 Å². The fourth-order valence-electron chi connectivity index (χ4n) is 2.24. The van der Waals surface area contributed by atoms with Gasteiger partial charge in [-0.3, -0.25) is 9.89 Å². The zero-order chi connectivity index (χ0) is 13.1. The van der Waals surface area contributed by atoms with Crippen LogP contribution in [-0.2, 0) is 12.8 Å². The van der Waals surface area contributed by atoms with E-state index in [2.05, 4.69) is 20.7 Å². The van der Waals surface area contributed by atoms with E-state index in [1.165, 1.54) is 6.21 Å². The third kappa shape index (κ3) is 2.42. The highest BCUT2D eigenvalue weighted by Crippen LogP contribution is 2.21. The maximum atomic E-state index is 12.0. The molecule has 2 N–H and O–H groups in total. The van der Waals surface area contributed by atoms with E-state index in [9.17, 15) is 4.79 Å². The van der Waals surface area contributed by atoms with Crippen LogP contribution in [0.15, 0.2) is 27.9 Å². The molecule has 0 atom stereocenters. The third-order valence-electron chi connectivity index (χ3n) is 3.17. The minimum Gasteiger partial charge on any atom is -0.463 e. The van der Waals surface area contributed by atoms with Gasteiger partial charge in [0.25, 0.3) is 5.91 Å². The van der Waals surface area contributed by atoms with Crippen LogP contribution in [0.2, 0.25) is 0 Å². The van der Waals surface area contributed by atoms with Crippen LogP contribution in [0.4, 0.5) is 0 Å². The van der Waals surface area contributed by atoms with E-state index in [1.54, 1.807) is 18.4 Å². The van der Waals surface area contributed by atoms with Crippen LogP contribution in [0.1, 0.15) is 40.3 Å². The Morgan fingerprint density at radius 2 is 2.37 bits per heavy atom. The van der Waals surface area contributed by atoms with Crippen LogP contribution in [0.25, 0.3) is 0 Å². The fourth-order valence-corrected chi connectivity index (χ4v) is 2.24. The van der Waals surface area contributed by atoms with Crippen molar-refractivity contribution < 1.29 is 9.21 Å². The number of amides is 1. The van der Waals surface area contributed by atoms with Gasteiger partial charge in [-0.15, -0.1) is 0 Å². The summed E-state index contributed by atoms with van der Waals surface area (Å²) in [6, 6.07) is 3.51. The molecular formula is C13H14N4O2. The number of carbonyl (C=O) groups excluding carboxylic acids is 1. The second-order valence-electron chi connectivity index (χ2n) is 4.45. The second-order valence-corrected chi connectivity index (χ2v) is 4.45. The molecule has 3 rings (SSSR count). The molecule has 2 aromatic heterocycles. The van der Waals surface area contributed by atoms with Crippen molar-refractivity contribution >= 4 is 12.1 Å². The van der Waals surface area contributed by atoms with Crippen LogP contribution in [0.3, 0.4) is 0 Å². The Balaban J connectivity index is 1.69. The first-order chi connectivity index (χ1) is 9.34. The molecule has 0 fully saturated rings. The van der Waals surface area contributed by atoms with Crippen LogP contribution in [0, 0.1) is 0 Å². The first kappa shape index (κ1) is 11.7. The predicted octanol–water partition coefficient (Wildman–Crippen LogP) is 1.65. The van der Waals surface area contributed by atoms with Gasteiger partial charge in [0.1, 0.15) is 5.76 Å². The molecule has 1 amide bonds. The molecule has 98 valence electrons. The summed E-state index contributed by atoms with van der Waals surface area (Å²) >= 11 is 0. The number of nitrogens with one attached hydrogen (secondary N) is 2. The van der Waals surface area contributed by atoms with Crippen molar-refractivity contribution in [2.24, 2.45) is 5.10 Å². The van der Waals surface area contributed by atoms with Crippen molar-refractivity contribution in [3.63, 3.8) is 0 Å². The summed E-state index contributed by atoms with van der Waals surface area (Å²) in [5.74, 6) is 0.298. The lowest BCUT2D eigenvalue weighted by Crippen LogP contribution is -2.20. The molecule has 0 saturated carbocycles. The molecule has 6 nitrogen and oxygen atoms in total. The monoisotopic (exact) mass is 258 g/mol. The summed E-state index contributed by atoms with van der Waals surface area (Å²) < 4.78 is 5.07. The Morgan fingerprint density at radius 3 is 3.21 bits per heavy atom. The van der Waals surface area contributed by atoms with Crippen molar-refractivity contribution in [3.05, 3.63) is 41.1 Å². The van der Waals surface area contributed by atoms with Gasteiger partial charge in [0.05, 0.1) is 12.5 Å². The van der Waals surface area contributed by atoms with Gasteiger partial charge in [-0.2, -0.15) is 10.2 Å². The Kier molecular flexibility index (Phi) is 3.14. The molecule has 0 radical (unpaired) electrons. The maximum Gasteiger partial charge on any atom is 0.292 e. The minimum absolute atomic E-state index is 0.290. The first-order valence-corrected chi connectivity index (χ1v) is 6.27. The second kappa shape index (κ2) is 5.09. The minimum atomic E-state index is -0.290. The van der Waals surface area contributed by atoms with Crippen molar-refractivity contribution in [1.29, 1.82) is 0 Å². The summed E-state index contributed by atoms with van der Waals surface area (Å²) in [6.07, 6.45) is 7.11. The number of hydrogen-bond donors (Lipinski definition) is 2. The zero-order valence-electron chi connectivity index (χ0n) is 10.3. The summed E-state index contributed by atoms with van der Waals surface area (Å²) in [6.45, 7) is 0. The van der Waals surface area contributed by atoms with Crippen LogP contribution >= 0.6 is 0 Å². The summed E-state index contributed by atoms with van der Waals surface area (Å²) in [5, 5.41) is 10.9. The van der Waals surface area contributed by atoms with Gasteiger partial charge < -0.3 is 4.42 Å². The average molecular weight is 258 g/mol. The van der Waals surface area contributed by atoms with E-state index in [0.29, 0.717) is 11.5 Å². The molecule has 2 heterocycles. The first-order valence-electron chi connectivity index (χ1n) is 6.27. The smallest absolute Gasteiger partial charge is 0.292 e. The maximum absolute atomic E-state index is 12.0. The van der Waals surface area contributed by atoms with E-state index in [0.717, 1.165) is 36.9 Å². The van der Waals surface area contributed by atoms with Crippen molar-refractivity contribution in [2.75, 3.05) is 0 Å². The number of furan rings is 1. The number of carbonyl (C=O) groups is 1. The van der Waals surface area contributed by atoms with Gasteiger partial charge in [0, 0.05) is 11.3 Å². The number of aromatic nitrogens is 2. The molecule has 1 aliphatic carbocycles. The Labute approximate surface area is 109 Å². The Hall–Kier alpha value is -2.37. The van der Waals surface area contributed by atoms with E-state index < -0.39 is 0 Å². The molecular weight excluding hydrogens is 244 g/mol. The van der Waals surface area contributed by atoms with Crippen molar-refractivity contribution in [2.45, 2.75) is 25.7 Å². The van der Waals surface area contributed by atoms with Crippen molar-refractivity contribution in [3.8, 4) is 0 Å². The van der Waals surface area contributed by atoms with Gasteiger partial charge in [-0.25, -0.2) is 5.43 Å². The lowest BCUT2D eigenvalue weighted by atomic mass is 9.96. The highest BCUT2D eigenvalue weighted by Gasteiger charge is 2.21. The van der Waals surface area contributed by atoms with Crippen LogP contribution in [0.5, 0.6) is 0 Å². The number of hydrogen-bond acceptors (Lipinski definition) is 4. The highest BCUT2D eigenvalue weighted by atomic mass is 16.3. The number of aromatic amines is 1. The molecule has 0 bridgehead atoms. The number of aryl methyl sites for hydroxylation is 1. The van der Waals surface area contributed by atoms with Gasteiger partial charge in [-0.1, -0.05) is 0 Å². The zero-order valence-corrected chi connectivity index (χ0v) is 10.3. The number of hydrazone groups is 1. The molecule has 0 saturated heterocycles. The third-order valence-corrected chi connectivity index (χ3v) is 3.17. The Morgan fingerprint density at radius 1 is 1.47 bits per heavy atom. The van der Waals surface area contributed by atoms with Gasteiger partial charge in [-0.05, 0) is 37.8 Å². The van der Waals surface area contributed by atoms with E-state index in [4.69, 9.17) is 4.42 Å². The summed E-state index contributed by atoms with van der Waals surface area (Å²) in [4.78, 5) is 12.0. The standard InChI is InChI=1S/C13H14N4O2/c18-13(17-14-8-9-4-3-7-19-9)12-10-5-1-2-6-11(10)15-16-12/h3-4,7-8H,1-2,5-6H2,(H,15,16)(H,17,18)/b14-8-. The van der Waals surface area contributed by atoms with E-state index >= 15 is 0 Å². The van der Waals surface area contributed by atoms with Gasteiger partial charge in [0.15, 0.2) is 5.69 Å². The fraction of sp³-hybridized carbons (Fsp3) is 0.308. The largest absolute Gasteiger partial charge is 0.463 e. The molecule has 19 heavy (non-hydrogen) atoms. The quantitative estimate of drug-likeness (QED) is 0.648. The topological polar surface area (TPSA) is 83.3 Å². The number of fused-ring (bicyclic) bond motifs is 1. The lowest BCUT2D eigenvalue weighted by Gasteiger charge is -2.10.